The van der Waals surface area contributed by atoms with Gasteiger partial charge in [-0.15, -0.1) is 0 Å². The number of nitrogens with zero attached hydrogens (tertiary/aromatic N) is 3. The molecule has 19 heavy (non-hydrogen) atoms. The molecule has 0 aliphatic carbocycles. The van der Waals surface area contributed by atoms with Crippen molar-refractivity contribution in [2.45, 2.75) is 25.8 Å². The Kier molecular flexibility index (Phi) is 4.32. The molecule has 0 radical (unpaired) electrons. The highest BCUT2D eigenvalue weighted by atomic mass is 16.5. The maximum atomic E-state index is 12.1. The number of nitrogens with one attached hydrogen (secondary N) is 2. The Labute approximate surface area is 110 Å². The molecule has 0 spiro atoms. The molecule has 1 saturated heterocycles. The fraction of sp³-hybridized carbons (Fsp3) is 0.636. The van der Waals surface area contributed by atoms with E-state index in [4.69, 9.17) is 4.74 Å². The normalized spacial score (nSPS) is 19.0. The van der Waals surface area contributed by atoms with Gasteiger partial charge in [-0.3, -0.25) is 9.89 Å². The van der Waals surface area contributed by atoms with E-state index in [0.29, 0.717) is 19.7 Å². The SMILES string of the molecule is CCOC(=O)NC1CCCN(C(=O)c2ncn[nH]2)C1. The minimum atomic E-state index is -0.443. The van der Waals surface area contributed by atoms with Crippen molar-refractivity contribution in [2.24, 2.45) is 0 Å². The van der Waals surface area contributed by atoms with Crippen molar-refractivity contribution in [2.75, 3.05) is 19.7 Å². The highest BCUT2D eigenvalue weighted by Gasteiger charge is 2.26. The molecule has 0 bridgehead atoms. The average molecular weight is 267 g/mol. The van der Waals surface area contributed by atoms with Gasteiger partial charge in [0, 0.05) is 19.1 Å². The van der Waals surface area contributed by atoms with Gasteiger partial charge in [0.05, 0.1) is 6.61 Å². The van der Waals surface area contributed by atoms with Crippen LogP contribution in [-0.4, -0.2) is 57.8 Å². The number of ether oxygens (including phenoxy) is 1. The Morgan fingerprint density at radius 2 is 2.47 bits per heavy atom. The molecule has 1 aliphatic rings. The molecule has 104 valence electrons. The van der Waals surface area contributed by atoms with Crippen LogP contribution in [0.4, 0.5) is 4.79 Å². The fourth-order valence-corrected chi connectivity index (χ4v) is 2.08. The number of amides is 2. The van der Waals surface area contributed by atoms with E-state index in [0.717, 1.165) is 12.8 Å². The molecule has 1 fully saturated rings. The van der Waals surface area contributed by atoms with Gasteiger partial charge in [-0.2, -0.15) is 5.10 Å². The van der Waals surface area contributed by atoms with Crippen LogP contribution in [0.1, 0.15) is 30.4 Å². The number of aromatic nitrogens is 3. The van der Waals surface area contributed by atoms with Gasteiger partial charge < -0.3 is 15.0 Å². The average Bonchev–Trinajstić information content (AvgIpc) is 2.92. The summed E-state index contributed by atoms with van der Waals surface area (Å²) in [5.41, 5.74) is 0. The third-order valence-electron chi connectivity index (χ3n) is 2.92. The monoisotopic (exact) mass is 267 g/mol. The van der Waals surface area contributed by atoms with Gasteiger partial charge in [-0.05, 0) is 19.8 Å². The van der Waals surface area contributed by atoms with Crippen molar-refractivity contribution in [3.05, 3.63) is 12.2 Å². The molecule has 2 heterocycles. The first-order chi connectivity index (χ1) is 9.20. The third kappa shape index (κ3) is 3.43. The molecular formula is C11H17N5O3. The van der Waals surface area contributed by atoms with Crippen LogP contribution in [0.15, 0.2) is 6.33 Å². The summed E-state index contributed by atoms with van der Waals surface area (Å²) in [6.45, 7) is 3.19. The van der Waals surface area contributed by atoms with Gasteiger partial charge in [-0.25, -0.2) is 9.78 Å². The number of piperidine rings is 1. The first kappa shape index (κ1) is 13.3. The molecule has 2 rings (SSSR count). The number of rotatable bonds is 3. The Morgan fingerprint density at radius 3 is 3.16 bits per heavy atom. The quantitative estimate of drug-likeness (QED) is 0.812. The van der Waals surface area contributed by atoms with Crippen molar-refractivity contribution in [3.63, 3.8) is 0 Å². The van der Waals surface area contributed by atoms with E-state index >= 15 is 0 Å². The Balaban J connectivity index is 1.90. The van der Waals surface area contributed by atoms with E-state index < -0.39 is 6.09 Å². The summed E-state index contributed by atoms with van der Waals surface area (Å²) in [5.74, 6) is 0.0182. The number of H-pyrrole nitrogens is 1. The van der Waals surface area contributed by atoms with Gasteiger partial charge in [0.2, 0.25) is 5.82 Å². The molecule has 0 saturated carbocycles. The lowest BCUT2D eigenvalue weighted by Crippen LogP contribution is -2.49. The molecule has 1 aliphatic heterocycles. The van der Waals surface area contributed by atoms with Gasteiger partial charge in [-0.1, -0.05) is 0 Å². The zero-order valence-corrected chi connectivity index (χ0v) is 10.8. The second-order valence-corrected chi connectivity index (χ2v) is 4.29. The van der Waals surface area contributed by atoms with Crippen LogP contribution in [0.3, 0.4) is 0 Å². The zero-order chi connectivity index (χ0) is 13.7. The predicted molar refractivity (Wildman–Crippen MR) is 65.5 cm³/mol. The van der Waals surface area contributed by atoms with Crippen LogP contribution in [0.2, 0.25) is 0 Å². The summed E-state index contributed by atoms with van der Waals surface area (Å²) in [7, 11) is 0. The number of carbonyl (C=O) groups is 2. The van der Waals surface area contributed by atoms with Gasteiger partial charge >= 0.3 is 6.09 Å². The second kappa shape index (κ2) is 6.17. The minimum Gasteiger partial charge on any atom is -0.450 e. The summed E-state index contributed by atoms with van der Waals surface area (Å²) in [4.78, 5) is 28.9. The van der Waals surface area contributed by atoms with Crippen molar-refractivity contribution in [3.8, 4) is 0 Å². The Hall–Kier alpha value is -2.12. The highest BCUT2D eigenvalue weighted by Crippen LogP contribution is 2.12. The third-order valence-corrected chi connectivity index (χ3v) is 2.92. The lowest BCUT2D eigenvalue weighted by Gasteiger charge is -2.32. The van der Waals surface area contributed by atoms with Crippen LogP contribution in [0, 0.1) is 0 Å². The maximum absolute atomic E-state index is 12.1. The number of hydrogen-bond acceptors (Lipinski definition) is 5. The minimum absolute atomic E-state index is 0.0836. The number of hydrogen-bond donors (Lipinski definition) is 2. The molecule has 0 aromatic carbocycles. The lowest BCUT2D eigenvalue weighted by molar-refractivity contribution is 0.0674. The van der Waals surface area contributed by atoms with Crippen LogP contribution >= 0.6 is 0 Å². The van der Waals surface area contributed by atoms with Crippen LogP contribution in [0.5, 0.6) is 0 Å². The lowest BCUT2D eigenvalue weighted by atomic mass is 10.1. The van der Waals surface area contributed by atoms with Crippen molar-refractivity contribution < 1.29 is 14.3 Å². The molecule has 1 aromatic rings. The van der Waals surface area contributed by atoms with E-state index in [1.54, 1.807) is 11.8 Å². The van der Waals surface area contributed by atoms with E-state index in [2.05, 4.69) is 20.5 Å². The number of carbonyl (C=O) groups excluding carboxylic acids is 2. The van der Waals surface area contributed by atoms with Crippen molar-refractivity contribution in [1.82, 2.24) is 25.4 Å². The van der Waals surface area contributed by atoms with E-state index in [1.165, 1.54) is 6.33 Å². The summed E-state index contributed by atoms with van der Waals surface area (Å²) in [5, 5.41) is 8.95. The van der Waals surface area contributed by atoms with Crippen LogP contribution < -0.4 is 5.32 Å². The largest absolute Gasteiger partial charge is 0.450 e. The molecule has 8 nitrogen and oxygen atoms in total. The highest BCUT2D eigenvalue weighted by molar-refractivity contribution is 5.90. The molecule has 2 N–H and O–H groups in total. The summed E-state index contributed by atoms with van der Waals surface area (Å²) >= 11 is 0. The molecule has 1 aromatic heterocycles. The molecule has 2 amide bonds. The molecular weight excluding hydrogens is 250 g/mol. The molecule has 1 unspecified atom stereocenters. The van der Waals surface area contributed by atoms with Crippen LogP contribution in [0.25, 0.3) is 0 Å². The zero-order valence-electron chi connectivity index (χ0n) is 10.8. The summed E-state index contributed by atoms with van der Waals surface area (Å²) in [6.07, 6.45) is 2.52. The van der Waals surface area contributed by atoms with Gasteiger partial charge in [0.25, 0.3) is 5.91 Å². The number of aromatic amines is 1. The standard InChI is InChI=1S/C11H17N5O3/c1-2-19-11(18)14-8-4-3-5-16(6-8)10(17)9-12-7-13-15-9/h7-8H,2-6H2,1H3,(H,14,18)(H,12,13,15). The maximum Gasteiger partial charge on any atom is 0.407 e. The van der Waals surface area contributed by atoms with Crippen LogP contribution in [-0.2, 0) is 4.74 Å². The van der Waals surface area contributed by atoms with Gasteiger partial charge in [0.15, 0.2) is 0 Å². The van der Waals surface area contributed by atoms with Crippen molar-refractivity contribution >= 4 is 12.0 Å². The fourth-order valence-electron chi connectivity index (χ4n) is 2.08. The van der Waals surface area contributed by atoms with E-state index in [1.807, 2.05) is 0 Å². The van der Waals surface area contributed by atoms with E-state index in [9.17, 15) is 9.59 Å². The van der Waals surface area contributed by atoms with Crippen molar-refractivity contribution in [1.29, 1.82) is 0 Å². The summed E-state index contributed by atoms with van der Waals surface area (Å²) < 4.78 is 4.83. The first-order valence-corrected chi connectivity index (χ1v) is 6.28. The van der Waals surface area contributed by atoms with E-state index in [-0.39, 0.29) is 17.8 Å². The molecule has 8 heteroatoms. The number of alkyl carbamates (subject to hydrolysis) is 1. The van der Waals surface area contributed by atoms with Gasteiger partial charge in [0.1, 0.15) is 6.33 Å². The molecule has 1 atom stereocenters. The summed E-state index contributed by atoms with van der Waals surface area (Å²) in [6, 6.07) is -0.0836. The second-order valence-electron chi connectivity index (χ2n) is 4.29. The number of likely N-dealkylation sites (tertiary alicyclic amines) is 1. The smallest absolute Gasteiger partial charge is 0.407 e. The first-order valence-electron chi connectivity index (χ1n) is 6.28. The Morgan fingerprint density at radius 1 is 1.63 bits per heavy atom. The Bertz CT molecular complexity index is 434. The predicted octanol–water partition coefficient (Wildman–Crippen LogP) is 0.155. The topological polar surface area (TPSA) is 100 Å².